The van der Waals surface area contributed by atoms with Gasteiger partial charge in [0.05, 0.1) is 12.8 Å². The van der Waals surface area contributed by atoms with E-state index in [4.69, 9.17) is 10.5 Å². The first kappa shape index (κ1) is 12.3. The zero-order valence-corrected chi connectivity index (χ0v) is 11.1. The van der Waals surface area contributed by atoms with E-state index in [1.165, 1.54) is 0 Å². The summed E-state index contributed by atoms with van der Waals surface area (Å²) in [6, 6.07) is 3.57. The van der Waals surface area contributed by atoms with Gasteiger partial charge in [-0.25, -0.2) is 4.98 Å². The Balaban J connectivity index is 2.26. The number of carbonyl (C=O) groups excluding carboxylic acids is 1. The molecule has 0 radical (unpaired) electrons. The second-order valence-electron chi connectivity index (χ2n) is 3.97. The molecule has 1 aromatic rings. The van der Waals surface area contributed by atoms with Crippen LogP contribution in [0.2, 0.25) is 0 Å². The quantitative estimate of drug-likeness (QED) is 0.851. The monoisotopic (exact) mass is 299 g/mol. The van der Waals surface area contributed by atoms with E-state index >= 15 is 0 Å². The van der Waals surface area contributed by atoms with Crippen molar-refractivity contribution in [3.63, 3.8) is 0 Å². The van der Waals surface area contributed by atoms with Crippen LogP contribution in [0.15, 0.2) is 16.7 Å². The molecular weight excluding hydrogens is 286 g/mol. The summed E-state index contributed by atoms with van der Waals surface area (Å²) in [6.07, 6.45) is 0.509. The fraction of sp³-hybridized carbons (Fsp3) is 0.455. The fourth-order valence-corrected chi connectivity index (χ4v) is 2.42. The molecule has 1 fully saturated rings. The van der Waals surface area contributed by atoms with Crippen molar-refractivity contribution >= 4 is 27.5 Å². The molecular formula is C11H14BrN3O2. The topological polar surface area (TPSA) is 68.5 Å². The number of nitrogens with zero attached hydrogens (tertiary/aromatic N) is 2. The van der Waals surface area contributed by atoms with Gasteiger partial charge < -0.3 is 15.4 Å². The van der Waals surface area contributed by atoms with Crippen molar-refractivity contribution in [1.82, 2.24) is 4.98 Å². The highest BCUT2D eigenvalue weighted by atomic mass is 79.9. The second-order valence-corrected chi connectivity index (χ2v) is 4.72. The molecule has 1 amide bonds. The standard InChI is InChI=1S/C11H14BrN3O2/c1-17-9-3-2-8(11(12)14-9)15-6-7(5-13)4-10(15)16/h2-3,7H,4-6,13H2,1H3. The first-order chi connectivity index (χ1) is 8.15. The lowest BCUT2D eigenvalue weighted by atomic mass is 10.1. The summed E-state index contributed by atoms with van der Waals surface area (Å²) in [5.41, 5.74) is 6.36. The molecule has 0 saturated carbocycles. The molecule has 1 unspecified atom stereocenters. The van der Waals surface area contributed by atoms with Crippen LogP contribution < -0.4 is 15.4 Å². The summed E-state index contributed by atoms with van der Waals surface area (Å²) >= 11 is 3.35. The summed E-state index contributed by atoms with van der Waals surface area (Å²) in [4.78, 5) is 17.7. The number of methoxy groups -OCH3 is 1. The van der Waals surface area contributed by atoms with Gasteiger partial charge in [-0.15, -0.1) is 0 Å². The van der Waals surface area contributed by atoms with Crippen molar-refractivity contribution in [3.05, 3.63) is 16.7 Å². The van der Waals surface area contributed by atoms with E-state index < -0.39 is 0 Å². The van der Waals surface area contributed by atoms with Crippen molar-refractivity contribution in [3.8, 4) is 5.88 Å². The lowest BCUT2D eigenvalue weighted by Gasteiger charge is -2.17. The molecule has 2 rings (SSSR count). The Kier molecular flexibility index (Phi) is 3.63. The lowest BCUT2D eigenvalue weighted by Crippen LogP contribution is -2.26. The molecule has 1 aliphatic rings. The number of aromatic nitrogens is 1. The van der Waals surface area contributed by atoms with Gasteiger partial charge in [0.2, 0.25) is 11.8 Å². The zero-order chi connectivity index (χ0) is 12.4. The summed E-state index contributed by atoms with van der Waals surface area (Å²) in [5.74, 6) is 0.840. The Labute approximate surface area is 108 Å². The number of nitrogens with two attached hydrogens (primary N) is 1. The zero-order valence-electron chi connectivity index (χ0n) is 9.52. The van der Waals surface area contributed by atoms with Crippen molar-refractivity contribution in [2.75, 3.05) is 25.1 Å². The maximum atomic E-state index is 11.8. The highest BCUT2D eigenvalue weighted by Crippen LogP contribution is 2.31. The summed E-state index contributed by atoms with van der Waals surface area (Å²) in [6.45, 7) is 1.19. The van der Waals surface area contributed by atoms with Gasteiger partial charge in [0.25, 0.3) is 0 Å². The smallest absolute Gasteiger partial charge is 0.227 e. The highest BCUT2D eigenvalue weighted by Gasteiger charge is 2.31. The van der Waals surface area contributed by atoms with Crippen LogP contribution in [0.5, 0.6) is 5.88 Å². The van der Waals surface area contributed by atoms with Gasteiger partial charge >= 0.3 is 0 Å². The summed E-state index contributed by atoms with van der Waals surface area (Å²) < 4.78 is 5.63. The minimum Gasteiger partial charge on any atom is -0.481 e. The van der Waals surface area contributed by atoms with Gasteiger partial charge in [-0.2, -0.15) is 0 Å². The summed E-state index contributed by atoms with van der Waals surface area (Å²) in [7, 11) is 1.56. The molecule has 0 spiro atoms. The van der Waals surface area contributed by atoms with E-state index in [-0.39, 0.29) is 11.8 Å². The van der Waals surface area contributed by atoms with E-state index in [1.54, 1.807) is 18.1 Å². The second kappa shape index (κ2) is 5.01. The summed E-state index contributed by atoms with van der Waals surface area (Å²) in [5, 5.41) is 0. The molecule has 2 N–H and O–H groups in total. The van der Waals surface area contributed by atoms with Crippen molar-refractivity contribution in [1.29, 1.82) is 0 Å². The van der Waals surface area contributed by atoms with Gasteiger partial charge in [-0.3, -0.25) is 4.79 Å². The molecule has 0 aliphatic carbocycles. The number of anilines is 1. The van der Waals surface area contributed by atoms with E-state index in [0.29, 0.717) is 30.0 Å². The molecule has 2 heterocycles. The van der Waals surface area contributed by atoms with Crippen LogP contribution in [0.3, 0.4) is 0 Å². The maximum Gasteiger partial charge on any atom is 0.227 e. The van der Waals surface area contributed by atoms with Crippen LogP contribution >= 0.6 is 15.9 Å². The molecule has 17 heavy (non-hydrogen) atoms. The van der Waals surface area contributed by atoms with Crippen LogP contribution in [-0.4, -0.2) is 31.1 Å². The molecule has 0 aromatic carbocycles. The maximum absolute atomic E-state index is 11.8. The van der Waals surface area contributed by atoms with E-state index in [1.807, 2.05) is 6.07 Å². The molecule has 1 saturated heterocycles. The van der Waals surface area contributed by atoms with Gasteiger partial charge in [0, 0.05) is 19.0 Å². The van der Waals surface area contributed by atoms with Crippen LogP contribution in [0.1, 0.15) is 6.42 Å². The number of pyridine rings is 1. The third-order valence-corrected chi connectivity index (χ3v) is 3.43. The average molecular weight is 300 g/mol. The molecule has 1 atom stereocenters. The van der Waals surface area contributed by atoms with Crippen LogP contribution in [-0.2, 0) is 4.79 Å². The number of carbonyl (C=O) groups is 1. The predicted octanol–water partition coefficient (Wildman–Crippen LogP) is 1.16. The third kappa shape index (κ3) is 2.42. The Bertz CT molecular complexity index is 439. The molecule has 1 aliphatic heterocycles. The van der Waals surface area contributed by atoms with Crippen molar-refractivity contribution < 1.29 is 9.53 Å². The number of ether oxygens (including phenoxy) is 1. The van der Waals surface area contributed by atoms with Crippen LogP contribution in [0.4, 0.5) is 5.69 Å². The van der Waals surface area contributed by atoms with Crippen LogP contribution in [0.25, 0.3) is 0 Å². The van der Waals surface area contributed by atoms with E-state index in [0.717, 1.165) is 5.69 Å². The molecule has 1 aromatic heterocycles. The Morgan fingerprint density at radius 3 is 2.94 bits per heavy atom. The lowest BCUT2D eigenvalue weighted by molar-refractivity contribution is -0.117. The Morgan fingerprint density at radius 2 is 2.41 bits per heavy atom. The number of amides is 1. The first-order valence-electron chi connectivity index (χ1n) is 5.36. The Morgan fingerprint density at radius 1 is 1.65 bits per heavy atom. The van der Waals surface area contributed by atoms with Gasteiger partial charge in [0.1, 0.15) is 4.60 Å². The van der Waals surface area contributed by atoms with Gasteiger partial charge in [0.15, 0.2) is 0 Å². The van der Waals surface area contributed by atoms with E-state index in [9.17, 15) is 4.79 Å². The number of hydrogen-bond acceptors (Lipinski definition) is 4. The van der Waals surface area contributed by atoms with Gasteiger partial charge in [-0.05, 0) is 34.5 Å². The molecule has 6 heteroatoms. The minimum atomic E-state index is 0.0908. The molecule has 5 nitrogen and oxygen atoms in total. The number of hydrogen-bond donors (Lipinski definition) is 1. The Hall–Kier alpha value is -1.14. The number of halogens is 1. The van der Waals surface area contributed by atoms with Crippen molar-refractivity contribution in [2.24, 2.45) is 11.7 Å². The van der Waals surface area contributed by atoms with Crippen molar-refractivity contribution in [2.45, 2.75) is 6.42 Å². The minimum absolute atomic E-state index is 0.0908. The normalized spacial score (nSPS) is 19.8. The van der Waals surface area contributed by atoms with Crippen LogP contribution in [0, 0.1) is 5.92 Å². The molecule has 92 valence electrons. The molecule has 0 bridgehead atoms. The average Bonchev–Trinajstić information content (AvgIpc) is 2.70. The third-order valence-electron chi connectivity index (χ3n) is 2.84. The largest absolute Gasteiger partial charge is 0.481 e. The number of rotatable bonds is 3. The predicted molar refractivity (Wildman–Crippen MR) is 68.0 cm³/mol. The highest BCUT2D eigenvalue weighted by molar-refractivity contribution is 9.10. The van der Waals surface area contributed by atoms with Gasteiger partial charge in [-0.1, -0.05) is 0 Å². The SMILES string of the molecule is COc1ccc(N2CC(CN)CC2=O)c(Br)n1. The van der Waals surface area contributed by atoms with E-state index in [2.05, 4.69) is 20.9 Å². The fourth-order valence-electron chi connectivity index (χ4n) is 1.90. The first-order valence-corrected chi connectivity index (χ1v) is 6.16.